The van der Waals surface area contributed by atoms with E-state index in [1.165, 1.54) is 0 Å². The fraction of sp³-hybridized carbons (Fsp3) is 0.200. The second-order valence-corrected chi connectivity index (χ2v) is 4.13. The lowest BCUT2D eigenvalue weighted by atomic mass is 10.1. The molecule has 0 amide bonds. The van der Waals surface area contributed by atoms with Gasteiger partial charge in [-0.05, 0) is 18.1 Å². The van der Waals surface area contributed by atoms with Crippen molar-refractivity contribution in [2.45, 2.75) is 12.8 Å². The van der Waals surface area contributed by atoms with Crippen molar-refractivity contribution in [3.8, 4) is 0 Å². The van der Waals surface area contributed by atoms with Crippen molar-refractivity contribution in [1.82, 2.24) is 10.2 Å². The number of nitrogens with zero attached hydrogens (tertiary/aromatic N) is 2. The highest BCUT2D eigenvalue weighted by atomic mass is 79.9. The summed E-state index contributed by atoms with van der Waals surface area (Å²) >= 11 is 9.13. The van der Waals surface area contributed by atoms with Crippen LogP contribution in [0.1, 0.15) is 11.5 Å². The highest BCUT2D eigenvalue weighted by molar-refractivity contribution is 9.10. The van der Waals surface area contributed by atoms with Gasteiger partial charge in [0.2, 0.25) is 5.89 Å². The van der Waals surface area contributed by atoms with E-state index in [4.69, 9.17) is 16.0 Å². The summed E-state index contributed by atoms with van der Waals surface area (Å²) < 4.78 is 5.20. The third-order valence-electron chi connectivity index (χ3n) is 2.01. The monoisotopic (exact) mass is 286 g/mol. The Kier molecular flexibility index (Phi) is 3.38. The maximum Gasteiger partial charge on any atom is 0.284 e. The summed E-state index contributed by atoms with van der Waals surface area (Å²) in [7, 11) is 0. The van der Waals surface area contributed by atoms with Crippen LogP contribution in [0.15, 0.2) is 33.5 Å². The van der Waals surface area contributed by atoms with E-state index < -0.39 is 0 Å². The van der Waals surface area contributed by atoms with Crippen LogP contribution >= 0.6 is 27.5 Å². The van der Waals surface area contributed by atoms with Crippen molar-refractivity contribution in [3.63, 3.8) is 0 Å². The van der Waals surface area contributed by atoms with Crippen LogP contribution in [0.25, 0.3) is 0 Å². The van der Waals surface area contributed by atoms with Gasteiger partial charge in [0.15, 0.2) is 0 Å². The molecule has 0 bridgehead atoms. The summed E-state index contributed by atoms with van der Waals surface area (Å²) in [5.41, 5.74) is 1.09. The third kappa shape index (κ3) is 2.79. The van der Waals surface area contributed by atoms with Crippen molar-refractivity contribution in [2.24, 2.45) is 0 Å². The molecular formula is C10H8BrClN2O. The Hall–Kier alpha value is -0.870. The second kappa shape index (κ2) is 4.77. The van der Waals surface area contributed by atoms with Crippen LogP contribution in [-0.4, -0.2) is 10.2 Å². The van der Waals surface area contributed by atoms with Crippen LogP contribution < -0.4 is 0 Å². The van der Waals surface area contributed by atoms with Crippen molar-refractivity contribution in [1.29, 1.82) is 0 Å². The van der Waals surface area contributed by atoms with Gasteiger partial charge >= 0.3 is 0 Å². The molecule has 2 rings (SSSR count). The number of hydrogen-bond acceptors (Lipinski definition) is 3. The summed E-state index contributed by atoms with van der Waals surface area (Å²) in [4.78, 5) is 0.414. The van der Waals surface area contributed by atoms with E-state index in [9.17, 15) is 0 Å². The summed E-state index contributed by atoms with van der Waals surface area (Å²) in [6.07, 6.45) is 1.50. The molecule has 15 heavy (non-hydrogen) atoms. The minimum absolute atomic E-state index is 0.414. The predicted molar refractivity (Wildman–Crippen MR) is 60.9 cm³/mol. The first-order valence-electron chi connectivity index (χ1n) is 4.47. The number of halogens is 2. The molecule has 0 radical (unpaired) electrons. The van der Waals surface area contributed by atoms with E-state index in [1.54, 1.807) is 0 Å². The van der Waals surface area contributed by atoms with Gasteiger partial charge in [-0.15, -0.1) is 10.2 Å². The van der Waals surface area contributed by atoms with E-state index in [-0.39, 0.29) is 0 Å². The number of benzene rings is 1. The topological polar surface area (TPSA) is 38.9 Å². The molecule has 0 fully saturated rings. The Morgan fingerprint density at radius 1 is 1.20 bits per heavy atom. The first-order chi connectivity index (χ1) is 7.25. The lowest BCUT2D eigenvalue weighted by Gasteiger charge is -2.00. The Labute approximate surface area is 101 Å². The normalized spacial score (nSPS) is 10.5. The van der Waals surface area contributed by atoms with Crippen LogP contribution in [-0.2, 0) is 12.8 Å². The molecule has 0 saturated carbocycles. The van der Waals surface area contributed by atoms with E-state index in [0.29, 0.717) is 17.1 Å². The zero-order valence-corrected chi connectivity index (χ0v) is 10.1. The molecule has 0 aliphatic heterocycles. The summed E-state index contributed by atoms with van der Waals surface area (Å²) in [6.45, 7) is 0. The minimum atomic E-state index is 0.414. The van der Waals surface area contributed by atoms with Gasteiger partial charge in [0.25, 0.3) is 4.80 Å². The molecule has 0 saturated heterocycles. The van der Waals surface area contributed by atoms with Gasteiger partial charge < -0.3 is 4.42 Å². The van der Waals surface area contributed by atoms with Crippen LogP contribution in [0.3, 0.4) is 0 Å². The number of aryl methyl sites for hydroxylation is 2. The molecule has 0 aliphatic carbocycles. The quantitative estimate of drug-likeness (QED) is 0.869. The number of rotatable bonds is 3. The van der Waals surface area contributed by atoms with E-state index in [0.717, 1.165) is 17.0 Å². The standard InChI is InChI=1S/C10H8BrClN2O/c11-10-14-13-9(15-10)6-5-7-3-1-2-4-8(7)12/h1-4H,5-6H2. The van der Waals surface area contributed by atoms with Crippen molar-refractivity contribution in [2.75, 3.05) is 0 Å². The molecule has 2 aromatic rings. The van der Waals surface area contributed by atoms with E-state index in [1.807, 2.05) is 24.3 Å². The molecule has 78 valence electrons. The second-order valence-electron chi connectivity index (χ2n) is 3.04. The highest BCUT2D eigenvalue weighted by Gasteiger charge is 2.05. The maximum absolute atomic E-state index is 6.02. The van der Waals surface area contributed by atoms with Crippen molar-refractivity contribution >= 4 is 27.5 Å². The molecule has 0 spiro atoms. The smallest absolute Gasteiger partial charge is 0.284 e. The molecule has 5 heteroatoms. The molecule has 0 N–H and O–H groups in total. The average Bonchev–Trinajstić information content (AvgIpc) is 2.63. The molecular weight excluding hydrogens is 279 g/mol. The lowest BCUT2D eigenvalue weighted by molar-refractivity contribution is 0.471. The predicted octanol–water partition coefficient (Wildman–Crippen LogP) is 3.27. The Balaban J connectivity index is 2.02. The van der Waals surface area contributed by atoms with Gasteiger partial charge in [-0.1, -0.05) is 29.8 Å². The summed E-state index contributed by atoms with van der Waals surface area (Å²) in [5.74, 6) is 0.613. The largest absolute Gasteiger partial charge is 0.416 e. The SMILES string of the molecule is Clc1ccccc1CCc1nnc(Br)o1. The fourth-order valence-electron chi connectivity index (χ4n) is 1.28. The molecule has 1 aromatic carbocycles. The fourth-order valence-corrected chi connectivity index (χ4v) is 1.77. The van der Waals surface area contributed by atoms with Crippen LogP contribution in [0.4, 0.5) is 0 Å². The van der Waals surface area contributed by atoms with Crippen molar-refractivity contribution < 1.29 is 4.42 Å². The first-order valence-corrected chi connectivity index (χ1v) is 5.64. The van der Waals surface area contributed by atoms with E-state index in [2.05, 4.69) is 26.1 Å². The van der Waals surface area contributed by atoms with Crippen LogP contribution in [0, 0.1) is 0 Å². The van der Waals surface area contributed by atoms with Gasteiger partial charge in [-0.3, -0.25) is 0 Å². The first kappa shape index (κ1) is 10.6. The molecule has 0 unspecified atom stereocenters. The average molecular weight is 288 g/mol. The zero-order chi connectivity index (χ0) is 10.7. The zero-order valence-electron chi connectivity index (χ0n) is 7.78. The van der Waals surface area contributed by atoms with Gasteiger partial charge in [-0.25, -0.2) is 0 Å². The summed E-state index contributed by atoms with van der Waals surface area (Å²) in [6, 6.07) is 7.74. The van der Waals surface area contributed by atoms with Crippen LogP contribution in [0.2, 0.25) is 5.02 Å². The molecule has 1 aromatic heterocycles. The lowest BCUT2D eigenvalue weighted by Crippen LogP contribution is -1.92. The van der Waals surface area contributed by atoms with Crippen molar-refractivity contribution in [3.05, 3.63) is 45.5 Å². The molecule has 0 atom stereocenters. The summed E-state index contributed by atoms with van der Waals surface area (Å²) in [5, 5.41) is 8.35. The highest BCUT2D eigenvalue weighted by Crippen LogP contribution is 2.17. The van der Waals surface area contributed by atoms with Gasteiger partial charge in [-0.2, -0.15) is 0 Å². The Morgan fingerprint density at radius 3 is 2.67 bits per heavy atom. The molecule has 3 nitrogen and oxygen atoms in total. The van der Waals surface area contributed by atoms with E-state index >= 15 is 0 Å². The van der Waals surface area contributed by atoms with Gasteiger partial charge in [0.1, 0.15) is 0 Å². The maximum atomic E-state index is 6.02. The van der Waals surface area contributed by atoms with Gasteiger partial charge in [0, 0.05) is 27.4 Å². The van der Waals surface area contributed by atoms with Crippen LogP contribution in [0.5, 0.6) is 0 Å². The molecule has 1 heterocycles. The molecule has 0 aliphatic rings. The third-order valence-corrected chi connectivity index (χ3v) is 2.70. The Bertz CT molecular complexity index is 458. The number of hydrogen-bond donors (Lipinski definition) is 0. The number of aromatic nitrogens is 2. The van der Waals surface area contributed by atoms with Gasteiger partial charge in [0.05, 0.1) is 0 Å². The Morgan fingerprint density at radius 2 is 2.00 bits per heavy atom. The minimum Gasteiger partial charge on any atom is -0.416 e.